The van der Waals surface area contributed by atoms with Gasteiger partial charge in [0.2, 0.25) is 5.91 Å². The van der Waals surface area contributed by atoms with Crippen molar-refractivity contribution in [1.29, 1.82) is 0 Å². The summed E-state index contributed by atoms with van der Waals surface area (Å²) in [6.45, 7) is 8.01. The van der Waals surface area contributed by atoms with Crippen LogP contribution >= 0.6 is 27.5 Å². The van der Waals surface area contributed by atoms with Crippen LogP contribution in [0.15, 0.2) is 46.9 Å². The highest BCUT2D eigenvalue weighted by Crippen LogP contribution is 2.31. The highest BCUT2D eigenvalue weighted by atomic mass is 79.9. The Kier molecular flexibility index (Phi) is 7.49. The fourth-order valence-electron chi connectivity index (χ4n) is 3.42. The molecule has 6 nitrogen and oxygen atoms in total. The Morgan fingerprint density at radius 2 is 1.74 bits per heavy atom. The van der Waals surface area contributed by atoms with Gasteiger partial charge in [-0.05, 0) is 56.3 Å². The zero-order chi connectivity index (χ0) is 22.6. The molecule has 0 aliphatic carbocycles. The second-order valence-electron chi connectivity index (χ2n) is 7.90. The quantitative estimate of drug-likeness (QED) is 0.599. The minimum absolute atomic E-state index is 0.163. The van der Waals surface area contributed by atoms with Gasteiger partial charge in [0, 0.05) is 42.1 Å². The van der Waals surface area contributed by atoms with Gasteiger partial charge >= 0.3 is 0 Å². The predicted octanol–water partition coefficient (Wildman–Crippen LogP) is 4.96. The first-order chi connectivity index (χ1) is 14.7. The third-order valence-electron chi connectivity index (χ3n) is 5.22. The van der Waals surface area contributed by atoms with Crippen molar-refractivity contribution in [3.63, 3.8) is 0 Å². The number of piperazine rings is 1. The smallest absolute Gasteiger partial charge is 0.268 e. The maximum atomic E-state index is 13.1. The molecule has 8 heteroatoms. The van der Waals surface area contributed by atoms with Gasteiger partial charge in [0.25, 0.3) is 5.91 Å². The average Bonchev–Trinajstić information content (AvgIpc) is 2.75. The van der Waals surface area contributed by atoms with E-state index >= 15 is 0 Å². The molecule has 1 N–H and O–H groups in total. The van der Waals surface area contributed by atoms with Crippen LogP contribution in [0.1, 0.15) is 27.2 Å². The van der Waals surface area contributed by atoms with Gasteiger partial charge < -0.3 is 19.9 Å². The zero-order valence-corrected chi connectivity index (χ0v) is 20.3. The van der Waals surface area contributed by atoms with E-state index in [4.69, 9.17) is 16.3 Å². The first-order valence-corrected chi connectivity index (χ1v) is 11.4. The molecule has 166 valence electrons. The van der Waals surface area contributed by atoms with Gasteiger partial charge in [0.15, 0.2) is 5.60 Å². The van der Waals surface area contributed by atoms with Crippen molar-refractivity contribution in [3.8, 4) is 5.75 Å². The standard InChI is InChI=1S/C23H27BrClN3O3/c1-4-21(29)28-13-11-27(12-14-28)20-10-7-17(25)15-19(20)26-22(30)23(2,3)31-18-8-5-16(24)6-9-18/h5-10,15H,4,11-14H2,1-3H3,(H,26,30). The number of nitrogens with zero attached hydrogens (tertiary/aromatic N) is 2. The molecule has 0 atom stereocenters. The predicted molar refractivity (Wildman–Crippen MR) is 128 cm³/mol. The van der Waals surface area contributed by atoms with Gasteiger partial charge in [0.1, 0.15) is 5.75 Å². The monoisotopic (exact) mass is 507 g/mol. The lowest BCUT2D eigenvalue weighted by atomic mass is 10.1. The molecule has 1 aliphatic rings. The fourth-order valence-corrected chi connectivity index (χ4v) is 3.86. The summed E-state index contributed by atoms with van der Waals surface area (Å²) in [5.74, 6) is 0.487. The van der Waals surface area contributed by atoms with Crippen LogP contribution in [0.2, 0.25) is 5.02 Å². The molecular formula is C23H27BrClN3O3. The summed E-state index contributed by atoms with van der Waals surface area (Å²) in [5, 5.41) is 3.52. The molecule has 0 unspecified atom stereocenters. The van der Waals surface area contributed by atoms with E-state index in [-0.39, 0.29) is 11.8 Å². The minimum atomic E-state index is -1.10. The number of benzene rings is 2. The van der Waals surface area contributed by atoms with E-state index in [2.05, 4.69) is 26.1 Å². The first kappa shape index (κ1) is 23.4. The van der Waals surface area contributed by atoms with Crippen molar-refractivity contribution in [2.24, 2.45) is 0 Å². The summed E-state index contributed by atoms with van der Waals surface area (Å²) in [7, 11) is 0. The number of amides is 2. The normalized spacial score (nSPS) is 14.4. The molecule has 2 aromatic carbocycles. The van der Waals surface area contributed by atoms with Crippen molar-refractivity contribution in [1.82, 2.24) is 4.90 Å². The van der Waals surface area contributed by atoms with E-state index < -0.39 is 5.60 Å². The number of carbonyl (C=O) groups is 2. The molecule has 1 heterocycles. The van der Waals surface area contributed by atoms with E-state index in [9.17, 15) is 9.59 Å². The summed E-state index contributed by atoms with van der Waals surface area (Å²) in [5.41, 5.74) is 0.403. The van der Waals surface area contributed by atoms with Crippen molar-refractivity contribution in [3.05, 3.63) is 52.0 Å². The minimum Gasteiger partial charge on any atom is -0.478 e. The van der Waals surface area contributed by atoms with Gasteiger partial charge in [-0.2, -0.15) is 0 Å². The Bertz CT molecular complexity index is 942. The lowest BCUT2D eigenvalue weighted by Crippen LogP contribution is -2.49. The molecule has 2 aromatic rings. The van der Waals surface area contributed by atoms with Crippen LogP contribution < -0.4 is 15.0 Å². The lowest BCUT2D eigenvalue weighted by Gasteiger charge is -2.37. The number of nitrogens with one attached hydrogen (secondary N) is 1. The number of halogens is 2. The van der Waals surface area contributed by atoms with Gasteiger partial charge in [-0.25, -0.2) is 0 Å². The summed E-state index contributed by atoms with van der Waals surface area (Å²) in [6.07, 6.45) is 0.510. The third-order valence-corrected chi connectivity index (χ3v) is 5.98. The van der Waals surface area contributed by atoms with Crippen LogP contribution in [0.4, 0.5) is 11.4 Å². The maximum absolute atomic E-state index is 13.1. The Morgan fingerprint density at radius 3 is 2.35 bits per heavy atom. The van der Waals surface area contributed by atoms with E-state index in [1.807, 2.05) is 30.0 Å². The number of hydrogen-bond acceptors (Lipinski definition) is 4. The van der Waals surface area contributed by atoms with E-state index in [0.717, 1.165) is 10.2 Å². The molecule has 0 aromatic heterocycles. The van der Waals surface area contributed by atoms with Crippen molar-refractivity contribution in [2.45, 2.75) is 32.8 Å². The van der Waals surface area contributed by atoms with Crippen molar-refractivity contribution in [2.75, 3.05) is 36.4 Å². The summed E-state index contributed by atoms with van der Waals surface area (Å²) in [6, 6.07) is 12.8. The molecule has 2 amide bonds. The molecular weight excluding hydrogens is 482 g/mol. The number of ether oxygens (including phenoxy) is 1. The van der Waals surface area contributed by atoms with Crippen LogP contribution in [0.3, 0.4) is 0 Å². The van der Waals surface area contributed by atoms with Gasteiger partial charge in [-0.3, -0.25) is 9.59 Å². The number of carbonyl (C=O) groups excluding carboxylic acids is 2. The van der Waals surface area contributed by atoms with Crippen LogP contribution in [-0.2, 0) is 9.59 Å². The van der Waals surface area contributed by atoms with Crippen molar-refractivity contribution >= 4 is 50.7 Å². The topological polar surface area (TPSA) is 61.9 Å². The van der Waals surface area contributed by atoms with Crippen LogP contribution in [-0.4, -0.2) is 48.5 Å². The van der Waals surface area contributed by atoms with E-state index in [1.54, 1.807) is 38.1 Å². The molecule has 0 bridgehead atoms. The molecule has 0 saturated carbocycles. The summed E-state index contributed by atoms with van der Waals surface area (Å²) >= 11 is 9.62. The Labute approximate surface area is 196 Å². The number of rotatable bonds is 6. The van der Waals surface area contributed by atoms with Gasteiger partial charge in [0.05, 0.1) is 11.4 Å². The molecule has 1 fully saturated rings. The Balaban J connectivity index is 1.73. The van der Waals surface area contributed by atoms with Crippen LogP contribution in [0, 0.1) is 0 Å². The van der Waals surface area contributed by atoms with Gasteiger partial charge in [-0.15, -0.1) is 0 Å². The van der Waals surface area contributed by atoms with Crippen LogP contribution in [0.25, 0.3) is 0 Å². The maximum Gasteiger partial charge on any atom is 0.268 e. The molecule has 31 heavy (non-hydrogen) atoms. The zero-order valence-electron chi connectivity index (χ0n) is 18.0. The SMILES string of the molecule is CCC(=O)N1CCN(c2ccc(Cl)cc2NC(=O)C(C)(C)Oc2ccc(Br)cc2)CC1. The van der Waals surface area contributed by atoms with Crippen LogP contribution in [0.5, 0.6) is 5.75 Å². The molecule has 3 rings (SSSR count). The highest BCUT2D eigenvalue weighted by molar-refractivity contribution is 9.10. The Hall–Kier alpha value is -2.25. The number of hydrogen-bond donors (Lipinski definition) is 1. The Morgan fingerprint density at radius 1 is 1.10 bits per heavy atom. The largest absolute Gasteiger partial charge is 0.478 e. The van der Waals surface area contributed by atoms with Gasteiger partial charge in [-0.1, -0.05) is 34.5 Å². The second kappa shape index (κ2) is 9.92. The second-order valence-corrected chi connectivity index (χ2v) is 9.26. The molecule has 1 saturated heterocycles. The third kappa shape index (κ3) is 5.92. The summed E-state index contributed by atoms with van der Waals surface area (Å²) < 4.78 is 6.87. The van der Waals surface area contributed by atoms with Crippen molar-refractivity contribution < 1.29 is 14.3 Å². The molecule has 0 radical (unpaired) electrons. The average molecular weight is 509 g/mol. The fraction of sp³-hybridized carbons (Fsp3) is 0.391. The lowest BCUT2D eigenvalue weighted by molar-refractivity contribution is -0.131. The molecule has 0 spiro atoms. The highest BCUT2D eigenvalue weighted by Gasteiger charge is 2.31. The summed E-state index contributed by atoms with van der Waals surface area (Å²) in [4.78, 5) is 29.1. The van der Waals surface area contributed by atoms with E-state index in [0.29, 0.717) is 49.1 Å². The first-order valence-electron chi connectivity index (χ1n) is 10.3. The number of anilines is 2. The van der Waals surface area contributed by atoms with E-state index in [1.165, 1.54) is 0 Å². The molecule has 1 aliphatic heterocycles.